The minimum absolute atomic E-state index is 0.167. The fourth-order valence-corrected chi connectivity index (χ4v) is 1.76. The molecule has 0 heterocycles. The van der Waals surface area contributed by atoms with Gasteiger partial charge in [0.1, 0.15) is 0 Å². The van der Waals surface area contributed by atoms with Gasteiger partial charge in [-0.05, 0) is 64.8 Å². The molecular weight excluding hydrogens is 220 g/mol. The van der Waals surface area contributed by atoms with Crippen LogP contribution in [-0.2, 0) is 6.54 Å². The lowest BCUT2D eigenvalue weighted by atomic mass is 10.0. The monoisotopic (exact) mass is 248 g/mol. The highest BCUT2D eigenvalue weighted by Gasteiger charge is 2.11. The Morgan fingerprint density at radius 2 is 1.83 bits per heavy atom. The third kappa shape index (κ3) is 4.34. The standard InChI is InChI=1S/C16H28N2/c1-12(2)18(7)15-9-8-14(13(3)10-15)11-17-16(4,5)6/h8-10,12,17H,11H2,1-7H3. The van der Waals surface area contributed by atoms with Crippen molar-refractivity contribution in [2.45, 2.75) is 59.7 Å². The molecule has 0 aliphatic rings. The molecule has 0 unspecified atom stereocenters. The van der Waals surface area contributed by atoms with Crippen LogP contribution in [0, 0.1) is 6.92 Å². The number of rotatable bonds is 4. The van der Waals surface area contributed by atoms with Gasteiger partial charge in [0.25, 0.3) is 0 Å². The Bertz CT molecular complexity index is 389. The van der Waals surface area contributed by atoms with E-state index in [9.17, 15) is 0 Å². The molecule has 0 saturated heterocycles. The molecule has 1 rings (SSSR count). The molecule has 0 fully saturated rings. The van der Waals surface area contributed by atoms with Crippen LogP contribution in [0.1, 0.15) is 45.7 Å². The fraction of sp³-hybridized carbons (Fsp3) is 0.625. The van der Waals surface area contributed by atoms with E-state index in [0.29, 0.717) is 6.04 Å². The Labute approximate surface area is 112 Å². The zero-order chi connectivity index (χ0) is 13.9. The maximum Gasteiger partial charge on any atom is 0.0368 e. The van der Waals surface area contributed by atoms with Gasteiger partial charge in [0, 0.05) is 30.9 Å². The van der Waals surface area contributed by atoms with Gasteiger partial charge in [0.2, 0.25) is 0 Å². The summed E-state index contributed by atoms with van der Waals surface area (Å²) in [5, 5.41) is 3.54. The van der Waals surface area contributed by atoms with E-state index in [1.165, 1.54) is 16.8 Å². The van der Waals surface area contributed by atoms with Gasteiger partial charge in [-0.25, -0.2) is 0 Å². The minimum atomic E-state index is 0.167. The number of anilines is 1. The molecule has 0 bridgehead atoms. The molecule has 1 aromatic rings. The smallest absolute Gasteiger partial charge is 0.0368 e. The lowest BCUT2D eigenvalue weighted by Crippen LogP contribution is -2.35. The van der Waals surface area contributed by atoms with Crippen molar-refractivity contribution < 1.29 is 0 Å². The Kier molecular flexibility index (Phi) is 4.80. The van der Waals surface area contributed by atoms with Crippen molar-refractivity contribution in [3.63, 3.8) is 0 Å². The fourth-order valence-electron chi connectivity index (χ4n) is 1.76. The second kappa shape index (κ2) is 5.75. The summed E-state index contributed by atoms with van der Waals surface area (Å²) in [7, 11) is 2.15. The molecular formula is C16H28N2. The Morgan fingerprint density at radius 1 is 1.22 bits per heavy atom. The third-order valence-electron chi connectivity index (χ3n) is 3.32. The highest BCUT2D eigenvalue weighted by Crippen LogP contribution is 2.20. The number of nitrogens with one attached hydrogen (secondary N) is 1. The van der Waals surface area contributed by atoms with Crippen LogP contribution in [-0.4, -0.2) is 18.6 Å². The average Bonchev–Trinajstić information content (AvgIpc) is 2.25. The lowest BCUT2D eigenvalue weighted by molar-refractivity contribution is 0.424. The van der Waals surface area contributed by atoms with Gasteiger partial charge in [-0.2, -0.15) is 0 Å². The molecule has 2 heteroatoms. The number of hydrogen-bond donors (Lipinski definition) is 1. The Hall–Kier alpha value is -1.02. The number of aryl methyl sites for hydroxylation is 1. The first-order valence-corrected chi connectivity index (χ1v) is 6.78. The zero-order valence-electron chi connectivity index (χ0n) is 13.0. The molecule has 102 valence electrons. The molecule has 0 atom stereocenters. The molecule has 0 radical (unpaired) electrons. The van der Waals surface area contributed by atoms with Crippen LogP contribution in [0.5, 0.6) is 0 Å². The van der Waals surface area contributed by atoms with Gasteiger partial charge in [0.05, 0.1) is 0 Å². The highest BCUT2D eigenvalue weighted by atomic mass is 15.1. The highest BCUT2D eigenvalue weighted by molar-refractivity contribution is 5.50. The van der Waals surface area contributed by atoms with Crippen molar-refractivity contribution in [3.8, 4) is 0 Å². The first-order chi connectivity index (χ1) is 8.20. The van der Waals surface area contributed by atoms with Gasteiger partial charge in [-0.1, -0.05) is 6.07 Å². The molecule has 0 amide bonds. The second-order valence-electron chi connectivity index (χ2n) is 6.42. The second-order valence-corrected chi connectivity index (χ2v) is 6.42. The van der Waals surface area contributed by atoms with E-state index < -0.39 is 0 Å². The molecule has 0 saturated carbocycles. The first kappa shape index (κ1) is 15.0. The third-order valence-corrected chi connectivity index (χ3v) is 3.32. The number of benzene rings is 1. The number of nitrogens with zero attached hydrogens (tertiary/aromatic N) is 1. The van der Waals surface area contributed by atoms with Crippen LogP contribution in [0.15, 0.2) is 18.2 Å². The first-order valence-electron chi connectivity index (χ1n) is 6.78. The van der Waals surface area contributed by atoms with Gasteiger partial charge < -0.3 is 10.2 Å². The summed E-state index contributed by atoms with van der Waals surface area (Å²) < 4.78 is 0. The van der Waals surface area contributed by atoms with Crippen LogP contribution < -0.4 is 10.2 Å². The molecule has 18 heavy (non-hydrogen) atoms. The predicted octanol–water partition coefficient (Wildman–Crippen LogP) is 3.73. The SMILES string of the molecule is Cc1cc(N(C)C(C)C)ccc1CNC(C)(C)C. The summed E-state index contributed by atoms with van der Waals surface area (Å²) in [6.07, 6.45) is 0. The van der Waals surface area contributed by atoms with Crippen molar-refractivity contribution in [2.75, 3.05) is 11.9 Å². The van der Waals surface area contributed by atoms with Gasteiger partial charge in [-0.3, -0.25) is 0 Å². The Balaban J connectivity index is 2.80. The van der Waals surface area contributed by atoms with E-state index in [2.05, 4.69) is 77.0 Å². The average molecular weight is 248 g/mol. The maximum absolute atomic E-state index is 3.54. The van der Waals surface area contributed by atoms with E-state index >= 15 is 0 Å². The quantitative estimate of drug-likeness (QED) is 0.873. The van der Waals surface area contributed by atoms with Gasteiger partial charge in [0.15, 0.2) is 0 Å². The van der Waals surface area contributed by atoms with Gasteiger partial charge in [-0.15, -0.1) is 0 Å². The van der Waals surface area contributed by atoms with Crippen LogP contribution in [0.2, 0.25) is 0 Å². The van der Waals surface area contributed by atoms with Crippen LogP contribution >= 0.6 is 0 Å². The van der Waals surface area contributed by atoms with E-state index in [4.69, 9.17) is 0 Å². The van der Waals surface area contributed by atoms with Crippen LogP contribution in [0.3, 0.4) is 0 Å². The summed E-state index contributed by atoms with van der Waals surface area (Å²) in [5.74, 6) is 0. The van der Waals surface area contributed by atoms with Crippen molar-refractivity contribution in [3.05, 3.63) is 29.3 Å². The topological polar surface area (TPSA) is 15.3 Å². The molecule has 0 aliphatic carbocycles. The summed E-state index contributed by atoms with van der Waals surface area (Å²) in [6.45, 7) is 14.1. The Morgan fingerprint density at radius 3 is 2.28 bits per heavy atom. The summed E-state index contributed by atoms with van der Waals surface area (Å²) >= 11 is 0. The molecule has 0 aliphatic heterocycles. The molecule has 1 aromatic carbocycles. The predicted molar refractivity (Wildman–Crippen MR) is 81.3 cm³/mol. The number of hydrogen-bond acceptors (Lipinski definition) is 2. The van der Waals surface area contributed by atoms with Crippen molar-refractivity contribution in [1.29, 1.82) is 0 Å². The van der Waals surface area contributed by atoms with Gasteiger partial charge >= 0.3 is 0 Å². The van der Waals surface area contributed by atoms with E-state index in [0.717, 1.165) is 6.54 Å². The maximum atomic E-state index is 3.54. The largest absolute Gasteiger partial charge is 0.372 e. The van der Waals surface area contributed by atoms with Crippen LogP contribution in [0.4, 0.5) is 5.69 Å². The minimum Gasteiger partial charge on any atom is -0.372 e. The zero-order valence-corrected chi connectivity index (χ0v) is 13.0. The molecule has 0 spiro atoms. The molecule has 1 N–H and O–H groups in total. The van der Waals surface area contributed by atoms with E-state index in [-0.39, 0.29) is 5.54 Å². The normalized spacial score (nSPS) is 12.0. The summed E-state index contributed by atoms with van der Waals surface area (Å²) in [5.41, 5.74) is 4.20. The van der Waals surface area contributed by atoms with Crippen LogP contribution in [0.25, 0.3) is 0 Å². The van der Waals surface area contributed by atoms with Crippen molar-refractivity contribution >= 4 is 5.69 Å². The summed E-state index contributed by atoms with van der Waals surface area (Å²) in [4.78, 5) is 2.30. The van der Waals surface area contributed by atoms with Crippen molar-refractivity contribution in [2.24, 2.45) is 0 Å². The summed E-state index contributed by atoms with van der Waals surface area (Å²) in [6, 6.07) is 7.26. The lowest BCUT2D eigenvalue weighted by Gasteiger charge is -2.25. The molecule has 0 aromatic heterocycles. The molecule has 2 nitrogen and oxygen atoms in total. The van der Waals surface area contributed by atoms with Crippen molar-refractivity contribution in [1.82, 2.24) is 5.32 Å². The van der Waals surface area contributed by atoms with E-state index in [1.807, 2.05) is 0 Å². The van der Waals surface area contributed by atoms with E-state index in [1.54, 1.807) is 0 Å².